The molecule has 0 amide bonds. The standard InChI is InChI=1S/C9H16N4O/c1-2-13(4-3-5-14)9-11-6-8(10)7-12-9/h6-7,14H,2-5,10H2,1H3. The maximum absolute atomic E-state index is 8.71. The monoisotopic (exact) mass is 196 g/mol. The number of aliphatic hydroxyl groups excluding tert-OH is 1. The van der Waals surface area contributed by atoms with Gasteiger partial charge in [-0.25, -0.2) is 9.97 Å². The van der Waals surface area contributed by atoms with E-state index in [1.165, 1.54) is 0 Å². The Labute approximate surface area is 83.6 Å². The van der Waals surface area contributed by atoms with Crippen molar-refractivity contribution in [1.29, 1.82) is 0 Å². The van der Waals surface area contributed by atoms with Crippen LogP contribution in [0.3, 0.4) is 0 Å². The predicted molar refractivity (Wildman–Crippen MR) is 56.0 cm³/mol. The number of rotatable bonds is 5. The molecule has 0 bridgehead atoms. The summed E-state index contributed by atoms with van der Waals surface area (Å²) >= 11 is 0. The fraction of sp³-hybridized carbons (Fsp3) is 0.556. The summed E-state index contributed by atoms with van der Waals surface area (Å²) in [5.41, 5.74) is 6.05. The SMILES string of the molecule is CCN(CCCO)c1ncc(N)cn1. The minimum atomic E-state index is 0.186. The minimum absolute atomic E-state index is 0.186. The van der Waals surface area contributed by atoms with Crippen LogP contribution in [-0.4, -0.2) is 34.8 Å². The predicted octanol–water partition coefficient (Wildman–Crippen LogP) is 0.267. The van der Waals surface area contributed by atoms with E-state index in [1.807, 2.05) is 11.8 Å². The largest absolute Gasteiger partial charge is 0.396 e. The lowest BCUT2D eigenvalue weighted by atomic mass is 10.4. The van der Waals surface area contributed by atoms with E-state index in [4.69, 9.17) is 10.8 Å². The van der Waals surface area contributed by atoms with Crippen LogP contribution in [0.5, 0.6) is 0 Å². The van der Waals surface area contributed by atoms with Crippen LogP contribution in [0.4, 0.5) is 11.6 Å². The molecule has 0 atom stereocenters. The lowest BCUT2D eigenvalue weighted by Crippen LogP contribution is -2.26. The number of nitrogen functional groups attached to an aromatic ring is 1. The van der Waals surface area contributed by atoms with Crippen LogP contribution in [0.1, 0.15) is 13.3 Å². The smallest absolute Gasteiger partial charge is 0.225 e. The van der Waals surface area contributed by atoms with Crippen LogP contribution in [0.15, 0.2) is 12.4 Å². The van der Waals surface area contributed by atoms with Gasteiger partial charge in [-0.3, -0.25) is 0 Å². The molecule has 0 saturated carbocycles. The summed E-state index contributed by atoms with van der Waals surface area (Å²) in [7, 11) is 0. The number of aliphatic hydroxyl groups is 1. The Morgan fingerprint density at radius 3 is 2.57 bits per heavy atom. The third-order valence-corrected chi connectivity index (χ3v) is 1.91. The normalized spacial score (nSPS) is 10.1. The molecule has 14 heavy (non-hydrogen) atoms. The molecule has 0 aliphatic heterocycles. The highest BCUT2D eigenvalue weighted by Gasteiger charge is 2.05. The zero-order valence-corrected chi connectivity index (χ0v) is 8.35. The topological polar surface area (TPSA) is 75.3 Å². The first-order chi connectivity index (χ1) is 6.77. The summed E-state index contributed by atoms with van der Waals surface area (Å²) in [6, 6.07) is 0. The fourth-order valence-corrected chi connectivity index (χ4v) is 1.16. The molecule has 1 aromatic heterocycles. The Morgan fingerprint density at radius 2 is 2.07 bits per heavy atom. The van der Waals surface area contributed by atoms with E-state index in [1.54, 1.807) is 12.4 Å². The number of nitrogens with zero attached hydrogens (tertiary/aromatic N) is 3. The van der Waals surface area contributed by atoms with Gasteiger partial charge in [-0.15, -0.1) is 0 Å². The van der Waals surface area contributed by atoms with Gasteiger partial charge in [0.25, 0.3) is 0 Å². The first-order valence-electron chi connectivity index (χ1n) is 4.71. The summed E-state index contributed by atoms with van der Waals surface area (Å²) in [5, 5.41) is 8.71. The Hall–Kier alpha value is -1.36. The molecular formula is C9H16N4O. The molecule has 5 nitrogen and oxygen atoms in total. The molecule has 3 N–H and O–H groups in total. The molecular weight excluding hydrogens is 180 g/mol. The molecule has 1 heterocycles. The van der Waals surface area contributed by atoms with Crippen molar-refractivity contribution in [2.75, 3.05) is 30.3 Å². The van der Waals surface area contributed by atoms with Crippen molar-refractivity contribution in [1.82, 2.24) is 9.97 Å². The third-order valence-electron chi connectivity index (χ3n) is 1.91. The van der Waals surface area contributed by atoms with Crippen LogP contribution in [-0.2, 0) is 0 Å². The molecule has 5 heteroatoms. The van der Waals surface area contributed by atoms with Gasteiger partial charge in [0, 0.05) is 19.7 Å². The van der Waals surface area contributed by atoms with Gasteiger partial charge in [-0.1, -0.05) is 0 Å². The van der Waals surface area contributed by atoms with E-state index in [0.29, 0.717) is 11.6 Å². The van der Waals surface area contributed by atoms with Crippen molar-refractivity contribution in [3.05, 3.63) is 12.4 Å². The number of hydrogen-bond acceptors (Lipinski definition) is 5. The molecule has 0 aromatic carbocycles. The zero-order valence-electron chi connectivity index (χ0n) is 8.35. The Morgan fingerprint density at radius 1 is 1.43 bits per heavy atom. The van der Waals surface area contributed by atoms with Crippen LogP contribution in [0, 0.1) is 0 Å². The molecule has 0 saturated heterocycles. The molecule has 0 aliphatic rings. The molecule has 1 rings (SSSR count). The van der Waals surface area contributed by atoms with Crippen LogP contribution in [0.2, 0.25) is 0 Å². The van der Waals surface area contributed by atoms with Gasteiger partial charge < -0.3 is 15.7 Å². The zero-order chi connectivity index (χ0) is 10.4. The highest BCUT2D eigenvalue weighted by molar-refractivity contribution is 5.37. The third kappa shape index (κ3) is 2.85. The summed E-state index contributed by atoms with van der Waals surface area (Å²) in [5.74, 6) is 0.662. The molecule has 0 unspecified atom stereocenters. The van der Waals surface area contributed by atoms with Crippen LogP contribution < -0.4 is 10.6 Å². The van der Waals surface area contributed by atoms with Gasteiger partial charge in [-0.2, -0.15) is 0 Å². The lowest BCUT2D eigenvalue weighted by Gasteiger charge is -2.19. The molecule has 78 valence electrons. The molecule has 0 spiro atoms. The highest BCUT2D eigenvalue weighted by atomic mass is 16.3. The Bertz CT molecular complexity index is 262. The van der Waals surface area contributed by atoms with Crippen molar-refractivity contribution >= 4 is 11.6 Å². The minimum Gasteiger partial charge on any atom is -0.396 e. The Kier molecular flexibility index (Phi) is 4.12. The van der Waals surface area contributed by atoms with E-state index in [2.05, 4.69) is 9.97 Å². The first kappa shape index (κ1) is 10.7. The maximum Gasteiger partial charge on any atom is 0.225 e. The van der Waals surface area contributed by atoms with Gasteiger partial charge in [-0.05, 0) is 13.3 Å². The first-order valence-corrected chi connectivity index (χ1v) is 4.71. The van der Waals surface area contributed by atoms with Crippen molar-refractivity contribution in [3.63, 3.8) is 0 Å². The summed E-state index contributed by atoms with van der Waals surface area (Å²) in [6.07, 6.45) is 3.90. The molecule has 1 aromatic rings. The lowest BCUT2D eigenvalue weighted by molar-refractivity contribution is 0.289. The van der Waals surface area contributed by atoms with Gasteiger partial charge in [0.1, 0.15) is 0 Å². The molecule has 0 fully saturated rings. The molecule has 0 aliphatic carbocycles. The van der Waals surface area contributed by atoms with Crippen molar-refractivity contribution < 1.29 is 5.11 Å². The molecule has 0 radical (unpaired) electrons. The van der Waals surface area contributed by atoms with Gasteiger partial charge in [0.05, 0.1) is 18.1 Å². The number of anilines is 2. The van der Waals surface area contributed by atoms with Crippen molar-refractivity contribution in [3.8, 4) is 0 Å². The average molecular weight is 196 g/mol. The van der Waals surface area contributed by atoms with Gasteiger partial charge >= 0.3 is 0 Å². The number of hydrogen-bond donors (Lipinski definition) is 2. The second-order valence-corrected chi connectivity index (χ2v) is 2.97. The fourth-order valence-electron chi connectivity index (χ4n) is 1.16. The van der Waals surface area contributed by atoms with E-state index in [-0.39, 0.29) is 6.61 Å². The van der Waals surface area contributed by atoms with E-state index >= 15 is 0 Å². The number of nitrogens with two attached hydrogens (primary N) is 1. The van der Waals surface area contributed by atoms with Crippen molar-refractivity contribution in [2.24, 2.45) is 0 Å². The maximum atomic E-state index is 8.71. The Balaban J connectivity index is 2.64. The summed E-state index contributed by atoms with van der Waals surface area (Å²) in [4.78, 5) is 10.2. The van der Waals surface area contributed by atoms with E-state index in [9.17, 15) is 0 Å². The number of aromatic nitrogens is 2. The van der Waals surface area contributed by atoms with E-state index in [0.717, 1.165) is 19.5 Å². The summed E-state index contributed by atoms with van der Waals surface area (Å²) in [6.45, 7) is 3.80. The van der Waals surface area contributed by atoms with Gasteiger partial charge in [0.2, 0.25) is 5.95 Å². The van der Waals surface area contributed by atoms with Crippen LogP contribution in [0.25, 0.3) is 0 Å². The highest BCUT2D eigenvalue weighted by Crippen LogP contribution is 2.07. The second-order valence-electron chi connectivity index (χ2n) is 2.97. The quantitative estimate of drug-likeness (QED) is 0.707. The van der Waals surface area contributed by atoms with Crippen molar-refractivity contribution in [2.45, 2.75) is 13.3 Å². The van der Waals surface area contributed by atoms with Crippen LogP contribution >= 0.6 is 0 Å². The van der Waals surface area contributed by atoms with E-state index < -0.39 is 0 Å². The summed E-state index contributed by atoms with van der Waals surface area (Å²) < 4.78 is 0. The second kappa shape index (κ2) is 5.39. The van der Waals surface area contributed by atoms with Gasteiger partial charge in [0.15, 0.2) is 0 Å². The average Bonchev–Trinajstić information content (AvgIpc) is 2.21.